The molecule has 0 saturated heterocycles. The van der Waals surface area contributed by atoms with Crippen LogP contribution in [0.3, 0.4) is 0 Å². The minimum atomic E-state index is -1.60. The number of phenolic OH excluding ortho intramolecular Hbond substituents is 9. The fourth-order valence-corrected chi connectivity index (χ4v) is 4.59. The lowest BCUT2D eigenvalue weighted by atomic mass is 9.92. The van der Waals surface area contributed by atoms with Crippen LogP contribution in [0.1, 0.15) is 22.0 Å². The maximum Gasteiger partial charge on any atom is 0.238 e. The molecule has 0 radical (unpaired) electrons. The molecule has 15 heteroatoms. The summed E-state index contributed by atoms with van der Waals surface area (Å²) in [6, 6.07) is 9.74. The molecule has 6 rings (SSSR count). The summed E-state index contributed by atoms with van der Waals surface area (Å²) >= 11 is 0. The zero-order chi connectivity index (χ0) is 32.9. The van der Waals surface area contributed by atoms with Gasteiger partial charge >= 0.3 is 0 Å². The number of fused-ring (bicyclic) bond motifs is 2. The van der Waals surface area contributed by atoms with Crippen LogP contribution in [0.15, 0.2) is 63.8 Å². The predicted molar refractivity (Wildman–Crippen MR) is 151 cm³/mol. The molecule has 232 valence electrons. The second-order valence-electron chi connectivity index (χ2n) is 9.74. The third kappa shape index (κ3) is 5.30. The molecule has 15 nitrogen and oxygen atoms in total. The summed E-state index contributed by atoms with van der Waals surface area (Å²) in [6.07, 6.45) is -2.75. The minimum absolute atomic E-state index is 0.0784. The Hall–Kier alpha value is -6.48. The van der Waals surface area contributed by atoms with Crippen molar-refractivity contribution < 1.29 is 70.1 Å². The molecule has 11 N–H and O–H groups in total. The van der Waals surface area contributed by atoms with Crippen molar-refractivity contribution >= 4 is 16.8 Å². The van der Waals surface area contributed by atoms with Gasteiger partial charge in [-0.2, -0.15) is 0 Å². The van der Waals surface area contributed by atoms with Crippen LogP contribution in [0.4, 0.5) is 0 Å². The third-order valence-corrected chi connectivity index (χ3v) is 6.72. The van der Waals surface area contributed by atoms with Gasteiger partial charge in [-0.1, -0.05) is 6.07 Å². The van der Waals surface area contributed by atoms with Crippen molar-refractivity contribution in [1.82, 2.24) is 0 Å². The van der Waals surface area contributed by atoms with Gasteiger partial charge in [-0.05, 0) is 29.8 Å². The first-order valence-corrected chi connectivity index (χ1v) is 12.6. The summed E-state index contributed by atoms with van der Waals surface area (Å²) in [7, 11) is 0. The molecule has 0 amide bonds. The van der Waals surface area contributed by atoms with Crippen molar-refractivity contribution in [2.75, 3.05) is 0 Å². The van der Waals surface area contributed by atoms with Gasteiger partial charge in [-0.15, -0.1) is 0 Å². The highest BCUT2D eigenvalue weighted by Crippen LogP contribution is 2.44. The fourth-order valence-electron chi connectivity index (χ4n) is 4.59. The molecule has 4 aromatic carbocycles. The molecule has 1 aromatic heterocycles. The Labute approximate surface area is 249 Å². The van der Waals surface area contributed by atoms with Crippen LogP contribution in [-0.4, -0.2) is 68.1 Å². The SMILES string of the molecule is O=C1c2c(O)cc(O)cc2O[C@H](c2ccc(O)c(O)c2)[C@H]1O.O=c1c(O)c(-c2cc(O)c(O)c(O)c2)oc2cc(O)cc(O)c12. The molecule has 0 saturated carbocycles. The van der Waals surface area contributed by atoms with E-state index in [0.717, 1.165) is 42.5 Å². The molecule has 0 spiro atoms. The Morgan fingerprint density at radius 2 is 1.22 bits per heavy atom. The van der Waals surface area contributed by atoms with Crippen LogP contribution < -0.4 is 10.2 Å². The molecule has 0 bridgehead atoms. The minimum Gasteiger partial charge on any atom is -0.508 e. The number of ketones is 1. The summed E-state index contributed by atoms with van der Waals surface area (Å²) in [4.78, 5) is 24.4. The van der Waals surface area contributed by atoms with E-state index in [1.54, 1.807) is 0 Å². The van der Waals surface area contributed by atoms with Gasteiger partial charge in [-0.25, -0.2) is 0 Å². The quantitative estimate of drug-likeness (QED) is 0.126. The summed E-state index contributed by atoms with van der Waals surface area (Å²) in [6.45, 7) is 0. The number of aliphatic hydroxyl groups excluding tert-OH is 1. The van der Waals surface area contributed by atoms with Gasteiger partial charge in [0.1, 0.15) is 45.3 Å². The van der Waals surface area contributed by atoms with Crippen molar-refractivity contribution in [3.63, 3.8) is 0 Å². The molecular weight excluding hydrogens is 600 g/mol. The lowest BCUT2D eigenvalue weighted by Gasteiger charge is -2.30. The molecule has 0 fully saturated rings. The Morgan fingerprint density at radius 3 is 1.87 bits per heavy atom. The zero-order valence-corrected chi connectivity index (χ0v) is 22.4. The average molecular weight is 622 g/mol. The Kier molecular flexibility index (Phi) is 7.32. The maximum absolute atomic E-state index is 12.2. The van der Waals surface area contributed by atoms with Crippen LogP contribution in [0.2, 0.25) is 0 Å². The Balaban J connectivity index is 0.000000178. The highest BCUT2D eigenvalue weighted by Gasteiger charge is 2.39. The first kappa shape index (κ1) is 30.0. The van der Waals surface area contributed by atoms with E-state index in [1.165, 1.54) is 12.1 Å². The molecule has 1 aliphatic rings. The summed E-state index contributed by atoms with van der Waals surface area (Å²) in [5, 5.41) is 105. The number of hydrogen-bond donors (Lipinski definition) is 11. The molecule has 5 aromatic rings. The van der Waals surface area contributed by atoms with Crippen LogP contribution in [0.25, 0.3) is 22.3 Å². The van der Waals surface area contributed by atoms with Crippen LogP contribution in [0.5, 0.6) is 63.2 Å². The van der Waals surface area contributed by atoms with Crippen molar-refractivity contribution in [2.45, 2.75) is 12.2 Å². The monoisotopic (exact) mass is 622 g/mol. The molecule has 2 heterocycles. The van der Waals surface area contributed by atoms with Gasteiger partial charge < -0.3 is 65.3 Å². The number of benzene rings is 4. The lowest BCUT2D eigenvalue weighted by molar-refractivity contribution is 0.0210. The highest BCUT2D eigenvalue weighted by atomic mass is 16.5. The smallest absolute Gasteiger partial charge is 0.238 e. The number of carbonyl (C=O) groups is 1. The second kappa shape index (κ2) is 11.0. The number of aromatic hydroxyl groups is 10. The molecular formula is C30H22O15. The number of carbonyl (C=O) groups excluding carboxylic acids is 1. The largest absolute Gasteiger partial charge is 0.508 e. The summed E-state index contributed by atoms with van der Waals surface area (Å²) in [5.41, 5.74) is -1.25. The van der Waals surface area contributed by atoms with Gasteiger partial charge in [0.2, 0.25) is 17.0 Å². The predicted octanol–water partition coefficient (Wildman–Crippen LogP) is 2.88. The number of rotatable bonds is 2. The summed E-state index contributed by atoms with van der Waals surface area (Å²) < 4.78 is 10.8. The van der Waals surface area contributed by atoms with Gasteiger partial charge in [-0.3, -0.25) is 9.59 Å². The van der Waals surface area contributed by atoms with E-state index in [0.29, 0.717) is 0 Å². The lowest BCUT2D eigenvalue weighted by Crippen LogP contribution is -2.36. The number of ether oxygens (including phenoxy) is 1. The zero-order valence-electron chi connectivity index (χ0n) is 22.4. The van der Waals surface area contributed by atoms with Gasteiger partial charge in [0.05, 0.1) is 0 Å². The highest BCUT2D eigenvalue weighted by molar-refractivity contribution is 6.05. The third-order valence-electron chi connectivity index (χ3n) is 6.72. The fraction of sp³-hybridized carbons (Fsp3) is 0.0667. The number of phenols is 9. The number of aliphatic hydroxyl groups is 1. The van der Waals surface area contributed by atoms with E-state index in [9.17, 15) is 65.8 Å². The van der Waals surface area contributed by atoms with Crippen molar-refractivity contribution in [3.8, 4) is 74.6 Å². The topological polar surface area (TPSA) is 279 Å². The van der Waals surface area contributed by atoms with Crippen molar-refractivity contribution in [1.29, 1.82) is 0 Å². The molecule has 0 aliphatic carbocycles. The van der Waals surface area contributed by atoms with E-state index in [4.69, 9.17) is 9.15 Å². The normalized spacial score (nSPS) is 15.5. The van der Waals surface area contributed by atoms with Crippen LogP contribution in [0, 0.1) is 0 Å². The maximum atomic E-state index is 12.2. The molecule has 45 heavy (non-hydrogen) atoms. The summed E-state index contributed by atoms with van der Waals surface area (Å²) in [5.74, 6) is -6.81. The number of Topliss-reactive ketones (excluding diaryl/α,β-unsaturated/α-hetero) is 1. The van der Waals surface area contributed by atoms with E-state index in [-0.39, 0.29) is 50.7 Å². The Bertz CT molecular complexity index is 2040. The molecule has 1 aliphatic heterocycles. The van der Waals surface area contributed by atoms with E-state index in [1.807, 2.05) is 0 Å². The van der Waals surface area contributed by atoms with E-state index < -0.39 is 69.4 Å². The van der Waals surface area contributed by atoms with Gasteiger partial charge in [0, 0.05) is 29.8 Å². The standard InChI is InChI=1S/C15H10O8.C15H12O7/c16-6-3-7(17)11-10(4-6)23-15(14(22)13(11)21)5-1-8(18)12(20)9(19)2-5;16-7-4-10(19)12-11(5-7)22-15(14(21)13(12)20)6-1-2-8(17)9(18)3-6/h1-4,16-20,22H;1-5,14-19,21H/t;14-,15+/m.0/s1. The van der Waals surface area contributed by atoms with E-state index in [2.05, 4.69) is 0 Å². The molecule has 0 unspecified atom stereocenters. The number of hydrogen-bond acceptors (Lipinski definition) is 15. The van der Waals surface area contributed by atoms with Crippen LogP contribution >= 0.6 is 0 Å². The van der Waals surface area contributed by atoms with Crippen molar-refractivity contribution in [3.05, 3.63) is 75.9 Å². The first-order valence-electron chi connectivity index (χ1n) is 12.6. The van der Waals surface area contributed by atoms with Crippen molar-refractivity contribution in [2.24, 2.45) is 0 Å². The van der Waals surface area contributed by atoms with E-state index >= 15 is 0 Å². The average Bonchev–Trinajstić information content (AvgIpc) is 2.96. The van der Waals surface area contributed by atoms with Gasteiger partial charge in [0.25, 0.3) is 0 Å². The molecule has 2 atom stereocenters. The van der Waals surface area contributed by atoms with Crippen LogP contribution in [-0.2, 0) is 0 Å². The second-order valence-corrected chi connectivity index (χ2v) is 9.74. The Morgan fingerprint density at radius 1 is 0.600 bits per heavy atom. The first-order chi connectivity index (χ1) is 21.2. The van der Waals surface area contributed by atoms with Gasteiger partial charge in [0.15, 0.2) is 46.7 Å².